The number of ether oxygens (including phenoxy) is 3. The summed E-state index contributed by atoms with van der Waals surface area (Å²) in [6.07, 6.45) is -0.533. The lowest BCUT2D eigenvalue weighted by molar-refractivity contribution is 0.0892. The minimum absolute atomic E-state index is 0.000381. The normalized spacial score (nSPS) is 10.2. The van der Waals surface area contributed by atoms with Crippen molar-refractivity contribution in [1.29, 1.82) is 0 Å². The molecule has 0 fully saturated rings. The molecule has 25 heavy (non-hydrogen) atoms. The van der Waals surface area contributed by atoms with Gasteiger partial charge in [-0.15, -0.1) is 0 Å². The Morgan fingerprint density at radius 3 is 2.16 bits per heavy atom. The summed E-state index contributed by atoms with van der Waals surface area (Å²) >= 11 is 0. The second-order valence-electron chi connectivity index (χ2n) is 5.07. The highest BCUT2D eigenvalue weighted by molar-refractivity contribution is 6.14. The maximum absolute atomic E-state index is 13.7. The lowest BCUT2D eigenvalue weighted by atomic mass is 10.00. The summed E-state index contributed by atoms with van der Waals surface area (Å²) in [5.74, 6) is -2.08. The number of halogens is 1. The van der Waals surface area contributed by atoms with Crippen LogP contribution >= 0.6 is 0 Å². The van der Waals surface area contributed by atoms with Gasteiger partial charge in [-0.3, -0.25) is 9.59 Å². The van der Waals surface area contributed by atoms with Crippen LogP contribution < -0.4 is 14.2 Å². The summed E-state index contributed by atoms with van der Waals surface area (Å²) < 4.78 is 28.5. The second-order valence-corrected chi connectivity index (χ2v) is 5.07. The van der Waals surface area contributed by atoms with Crippen molar-refractivity contribution in [3.63, 3.8) is 0 Å². The average Bonchev–Trinajstić information content (AvgIpc) is 2.60. The van der Waals surface area contributed by atoms with Gasteiger partial charge in [-0.25, -0.2) is 4.39 Å². The number of methoxy groups -OCH3 is 3. The fraction of sp³-hybridized carbons (Fsp3) is 0.222. The van der Waals surface area contributed by atoms with Crippen LogP contribution in [0.1, 0.15) is 27.1 Å². The zero-order chi connectivity index (χ0) is 18.6. The van der Waals surface area contributed by atoms with Crippen molar-refractivity contribution < 1.29 is 33.3 Å². The Kier molecular flexibility index (Phi) is 5.59. The van der Waals surface area contributed by atoms with Gasteiger partial charge in [-0.1, -0.05) is 0 Å². The van der Waals surface area contributed by atoms with Crippen molar-refractivity contribution in [3.8, 4) is 23.0 Å². The number of Topliss-reactive ketones (excluding diaryl/α,β-unsaturated/α-hetero) is 2. The van der Waals surface area contributed by atoms with E-state index in [0.29, 0.717) is 0 Å². The predicted octanol–water partition coefficient (Wildman–Crippen LogP) is 3.01. The van der Waals surface area contributed by atoms with Crippen LogP contribution in [0.5, 0.6) is 23.0 Å². The van der Waals surface area contributed by atoms with E-state index in [-0.39, 0.29) is 28.4 Å². The second kappa shape index (κ2) is 7.65. The molecule has 0 heterocycles. The number of aromatic hydroxyl groups is 1. The van der Waals surface area contributed by atoms with Gasteiger partial charge in [0.25, 0.3) is 0 Å². The quantitative estimate of drug-likeness (QED) is 0.612. The Labute approximate surface area is 143 Å². The molecule has 0 amide bonds. The van der Waals surface area contributed by atoms with Crippen molar-refractivity contribution in [3.05, 3.63) is 47.3 Å². The van der Waals surface area contributed by atoms with E-state index in [0.717, 1.165) is 6.07 Å². The van der Waals surface area contributed by atoms with Crippen molar-refractivity contribution in [1.82, 2.24) is 0 Å². The number of ketones is 2. The molecule has 0 aliphatic heterocycles. The van der Waals surface area contributed by atoms with Gasteiger partial charge in [-0.2, -0.15) is 0 Å². The molecule has 0 radical (unpaired) electrons. The molecule has 6 nitrogen and oxygen atoms in total. The molecule has 0 atom stereocenters. The maximum atomic E-state index is 13.7. The number of phenolic OH excluding ortho intramolecular Hbond substituents is 1. The number of carbonyl (C=O) groups excluding carboxylic acids is 2. The van der Waals surface area contributed by atoms with E-state index >= 15 is 0 Å². The van der Waals surface area contributed by atoms with E-state index in [9.17, 15) is 19.1 Å². The van der Waals surface area contributed by atoms with Gasteiger partial charge in [0, 0.05) is 5.56 Å². The molecule has 7 heteroatoms. The third kappa shape index (κ3) is 3.71. The molecule has 0 saturated heterocycles. The first-order chi connectivity index (χ1) is 11.9. The number of hydrogen-bond donors (Lipinski definition) is 1. The Balaban J connectivity index is 2.25. The molecule has 0 aliphatic rings. The van der Waals surface area contributed by atoms with Gasteiger partial charge in [0.2, 0.25) is 5.75 Å². The number of benzene rings is 2. The monoisotopic (exact) mass is 348 g/mol. The van der Waals surface area contributed by atoms with Gasteiger partial charge in [0.15, 0.2) is 34.6 Å². The van der Waals surface area contributed by atoms with Crippen LogP contribution in [-0.2, 0) is 0 Å². The number of hydrogen-bond acceptors (Lipinski definition) is 6. The minimum atomic E-state index is -0.699. The van der Waals surface area contributed by atoms with Gasteiger partial charge in [0.1, 0.15) is 0 Å². The molecule has 132 valence electrons. The highest BCUT2D eigenvalue weighted by atomic mass is 19.1. The Morgan fingerprint density at radius 1 is 0.960 bits per heavy atom. The van der Waals surface area contributed by atoms with E-state index in [2.05, 4.69) is 0 Å². The summed E-state index contributed by atoms with van der Waals surface area (Å²) in [6.45, 7) is 0. The lowest BCUT2D eigenvalue weighted by Gasteiger charge is -2.12. The standard InChI is InChI=1S/C18H17FO6/c1-23-15-6-4-10(8-12(15)19)13(20)9-14(21)11-5-7-16(24-2)18(25-3)17(11)22/h4-8,22H,9H2,1-3H3. The zero-order valence-corrected chi connectivity index (χ0v) is 14.0. The molecule has 0 bridgehead atoms. The van der Waals surface area contributed by atoms with Crippen LogP contribution in [0.4, 0.5) is 4.39 Å². The smallest absolute Gasteiger partial charge is 0.203 e. The molecule has 2 aromatic carbocycles. The van der Waals surface area contributed by atoms with E-state index in [4.69, 9.17) is 14.2 Å². The van der Waals surface area contributed by atoms with Gasteiger partial charge < -0.3 is 19.3 Å². The average molecular weight is 348 g/mol. The number of rotatable bonds is 7. The van der Waals surface area contributed by atoms with Gasteiger partial charge in [0.05, 0.1) is 33.3 Å². The summed E-state index contributed by atoms with van der Waals surface area (Å²) in [6, 6.07) is 6.46. The summed E-state index contributed by atoms with van der Waals surface area (Å²) in [5.41, 5.74) is -0.0494. The van der Waals surface area contributed by atoms with Crippen LogP contribution in [0.3, 0.4) is 0 Å². The molecule has 0 aliphatic carbocycles. The third-order valence-corrected chi connectivity index (χ3v) is 3.61. The van der Waals surface area contributed by atoms with Crippen molar-refractivity contribution in [2.24, 2.45) is 0 Å². The molecule has 0 aromatic heterocycles. The van der Waals surface area contributed by atoms with E-state index in [1.165, 1.54) is 45.6 Å². The maximum Gasteiger partial charge on any atom is 0.203 e. The van der Waals surface area contributed by atoms with E-state index < -0.39 is 29.6 Å². The first-order valence-electron chi connectivity index (χ1n) is 7.26. The number of carbonyl (C=O) groups is 2. The largest absolute Gasteiger partial charge is 0.504 e. The highest BCUT2D eigenvalue weighted by Gasteiger charge is 2.22. The van der Waals surface area contributed by atoms with Crippen LogP contribution in [-0.4, -0.2) is 38.0 Å². The Hall–Kier alpha value is -3.09. The lowest BCUT2D eigenvalue weighted by Crippen LogP contribution is -2.10. The molecule has 2 rings (SSSR count). The van der Waals surface area contributed by atoms with Crippen molar-refractivity contribution in [2.75, 3.05) is 21.3 Å². The fourth-order valence-electron chi connectivity index (χ4n) is 2.32. The van der Waals surface area contributed by atoms with Crippen molar-refractivity contribution in [2.45, 2.75) is 6.42 Å². The molecule has 0 saturated carbocycles. The molecule has 0 spiro atoms. The zero-order valence-electron chi connectivity index (χ0n) is 14.0. The molecule has 1 N–H and O–H groups in total. The summed E-state index contributed by atoms with van der Waals surface area (Å²) in [5, 5.41) is 10.2. The van der Waals surface area contributed by atoms with Gasteiger partial charge >= 0.3 is 0 Å². The van der Waals surface area contributed by atoms with E-state index in [1.807, 2.05) is 0 Å². The first-order valence-corrected chi connectivity index (χ1v) is 7.26. The van der Waals surface area contributed by atoms with Crippen LogP contribution in [0.15, 0.2) is 30.3 Å². The van der Waals surface area contributed by atoms with Crippen LogP contribution in [0.2, 0.25) is 0 Å². The fourth-order valence-corrected chi connectivity index (χ4v) is 2.32. The highest BCUT2D eigenvalue weighted by Crippen LogP contribution is 2.39. The Morgan fingerprint density at radius 2 is 1.60 bits per heavy atom. The molecule has 2 aromatic rings. The van der Waals surface area contributed by atoms with E-state index in [1.54, 1.807) is 0 Å². The Bertz CT molecular complexity index is 815. The predicted molar refractivity (Wildman–Crippen MR) is 87.4 cm³/mol. The first kappa shape index (κ1) is 18.3. The molecule has 0 unspecified atom stereocenters. The summed E-state index contributed by atoms with van der Waals surface area (Å²) in [4.78, 5) is 24.5. The SMILES string of the molecule is COc1ccc(C(=O)CC(=O)c2ccc(OC)c(OC)c2O)cc1F. The third-order valence-electron chi connectivity index (χ3n) is 3.61. The molecular weight excluding hydrogens is 331 g/mol. The van der Waals surface area contributed by atoms with Gasteiger partial charge in [-0.05, 0) is 30.3 Å². The minimum Gasteiger partial charge on any atom is -0.504 e. The topological polar surface area (TPSA) is 82.1 Å². The van der Waals surface area contributed by atoms with Crippen LogP contribution in [0.25, 0.3) is 0 Å². The van der Waals surface area contributed by atoms with Crippen LogP contribution in [0, 0.1) is 5.82 Å². The molecular formula is C18H17FO6. The number of phenols is 1. The summed E-state index contributed by atoms with van der Waals surface area (Å²) in [7, 11) is 4.01. The van der Waals surface area contributed by atoms with Crippen molar-refractivity contribution >= 4 is 11.6 Å².